The molecule has 1 fully saturated rings. The molecule has 7 nitrogen and oxygen atoms in total. The van der Waals surface area contributed by atoms with Gasteiger partial charge in [-0.3, -0.25) is 14.5 Å². The fourth-order valence-corrected chi connectivity index (χ4v) is 2.42. The van der Waals surface area contributed by atoms with Crippen molar-refractivity contribution < 1.29 is 14.4 Å². The fraction of sp³-hybridized carbons (Fsp3) is 0.438. The molecule has 0 aliphatic carbocycles. The molecule has 1 aromatic rings. The molecule has 0 spiro atoms. The number of rotatable bonds is 5. The van der Waals surface area contributed by atoms with Gasteiger partial charge in [0.2, 0.25) is 11.8 Å². The number of anilines is 2. The molecule has 1 aromatic carbocycles. The van der Waals surface area contributed by atoms with E-state index in [1.54, 1.807) is 29.2 Å². The summed E-state index contributed by atoms with van der Waals surface area (Å²) in [5.41, 5.74) is 1.40. The number of amides is 4. The van der Waals surface area contributed by atoms with Crippen molar-refractivity contribution in [2.24, 2.45) is 5.92 Å². The lowest BCUT2D eigenvalue weighted by atomic mass is 10.0. The number of carbonyl (C=O) groups excluding carboxylic acids is 3. The second-order valence-corrected chi connectivity index (χ2v) is 5.84. The SMILES string of the molecule is CC(=O)NC(C(=O)Nc1ccc(N2CCNC2=O)cc1)C(C)C. The monoisotopic (exact) mass is 318 g/mol. The van der Waals surface area contributed by atoms with E-state index in [9.17, 15) is 14.4 Å². The molecule has 0 saturated carbocycles. The van der Waals surface area contributed by atoms with Crippen molar-refractivity contribution in [1.29, 1.82) is 0 Å². The van der Waals surface area contributed by atoms with Gasteiger partial charge in [0.25, 0.3) is 0 Å². The second kappa shape index (κ2) is 7.13. The Morgan fingerprint density at radius 2 is 1.87 bits per heavy atom. The number of nitrogens with one attached hydrogen (secondary N) is 3. The summed E-state index contributed by atoms with van der Waals surface area (Å²) in [6, 6.07) is 6.34. The average Bonchev–Trinajstić information content (AvgIpc) is 2.91. The molecule has 0 aromatic heterocycles. The van der Waals surface area contributed by atoms with Crippen molar-refractivity contribution in [3.8, 4) is 0 Å². The van der Waals surface area contributed by atoms with Gasteiger partial charge in [0.1, 0.15) is 6.04 Å². The molecule has 1 heterocycles. The van der Waals surface area contributed by atoms with Gasteiger partial charge in [-0.25, -0.2) is 4.79 Å². The van der Waals surface area contributed by atoms with Crippen LogP contribution in [0.5, 0.6) is 0 Å². The van der Waals surface area contributed by atoms with Crippen molar-refractivity contribution in [2.45, 2.75) is 26.8 Å². The largest absolute Gasteiger partial charge is 0.344 e. The van der Waals surface area contributed by atoms with E-state index < -0.39 is 6.04 Å². The highest BCUT2D eigenvalue weighted by molar-refractivity contribution is 5.98. The summed E-state index contributed by atoms with van der Waals surface area (Å²) in [7, 11) is 0. The van der Waals surface area contributed by atoms with Crippen molar-refractivity contribution in [3.63, 3.8) is 0 Å². The van der Waals surface area contributed by atoms with Crippen molar-refractivity contribution >= 4 is 29.2 Å². The maximum atomic E-state index is 12.3. The standard InChI is InChI=1S/C16H22N4O3/c1-10(2)14(18-11(3)21)15(22)19-12-4-6-13(7-5-12)20-9-8-17-16(20)23/h4-7,10,14H,8-9H2,1-3H3,(H,17,23)(H,18,21)(H,19,22). The summed E-state index contributed by atoms with van der Waals surface area (Å²) < 4.78 is 0. The Morgan fingerprint density at radius 3 is 2.35 bits per heavy atom. The highest BCUT2D eigenvalue weighted by atomic mass is 16.2. The van der Waals surface area contributed by atoms with E-state index in [0.29, 0.717) is 18.8 Å². The first-order chi connectivity index (χ1) is 10.9. The highest BCUT2D eigenvalue weighted by Gasteiger charge is 2.24. The first-order valence-electron chi connectivity index (χ1n) is 7.62. The van der Waals surface area contributed by atoms with Crippen LogP contribution in [-0.2, 0) is 9.59 Å². The molecule has 1 atom stereocenters. The molecule has 1 aliphatic heterocycles. The second-order valence-electron chi connectivity index (χ2n) is 5.84. The van der Waals surface area contributed by atoms with E-state index >= 15 is 0 Å². The zero-order valence-electron chi connectivity index (χ0n) is 13.6. The van der Waals surface area contributed by atoms with E-state index in [4.69, 9.17) is 0 Å². The summed E-state index contributed by atoms with van der Waals surface area (Å²) >= 11 is 0. The van der Waals surface area contributed by atoms with Gasteiger partial charge in [-0.05, 0) is 30.2 Å². The first kappa shape index (κ1) is 16.8. The first-order valence-corrected chi connectivity index (χ1v) is 7.62. The van der Waals surface area contributed by atoms with Crippen LogP contribution in [0.1, 0.15) is 20.8 Å². The van der Waals surface area contributed by atoms with Gasteiger partial charge in [-0.15, -0.1) is 0 Å². The smallest absolute Gasteiger partial charge is 0.321 e. The van der Waals surface area contributed by atoms with Crippen LogP contribution >= 0.6 is 0 Å². The quantitative estimate of drug-likeness (QED) is 0.764. The van der Waals surface area contributed by atoms with Gasteiger partial charge in [0.15, 0.2) is 0 Å². The maximum Gasteiger partial charge on any atom is 0.321 e. The number of urea groups is 1. The minimum absolute atomic E-state index is 0.0218. The van der Waals surface area contributed by atoms with Gasteiger partial charge in [-0.2, -0.15) is 0 Å². The molecule has 124 valence electrons. The van der Waals surface area contributed by atoms with Crippen LogP contribution in [-0.4, -0.2) is 37.0 Å². The van der Waals surface area contributed by atoms with E-state index in [1.165, 1.54) is 6.92 Å². The Hall–Kier alpha value is -2.57. The molecule has 7 heteroatoms. The molecule has 0 bridgehead atoms. The van der Waals surface area contributed by atoms with Crippen LogP contribution in [0.3, 0.4) is 0 Å². The van der Waals surface area contributed by atoms with Crippen LogP contribution in [0.25, 0.3) is 0 Å². The number of nitrogens with zero attached hydrogens (tertiary/aromatic N) is 1. The lowest BCUT2D eigenvalue weighted by Gasteiger charge is -2.21. The molecule has 1 aliphatic rings. The Morgan fingerprint density at radius 1 is 1.22 bits per heavy atom. The molecule has 0 radical (unpaired) electrons. The Kier molecular flexibility index (Phi) is 5.20. The fourth-order valence-electron chi connectivity index (χ4n) is 2.42. The molecule has 1 unspecified atom stereocenters. The van der Waals surface area contributed by atoms with Crippen LogP contribution < -0.4 is 20.9 Å². The van der Waals surface area contributed by atoms with E-state index in [1.807, 2.05) is 13.8 Å². The van der Waals surface area contributed by atoms with Crippen LogP contribution in [0.4, 0.5) is 16.2 Å². The van der Waals surface area contributed by atoms with E-state index in [0.717, 1.165) is 5.69 Å². The summed E-state index contributed by atoms with van der Waals surface area (Å²) in [5, 5.41) is 8.17. The topological polar surface area (TPSA) is 90.5 Å². The summed E-state index contributed by atoms with van der Waals surface area (Å²) in [5.74, 6) is -0.525. The number of hydrogen-bond donors (Lipinski definition) is 3. The number of carbonyl (C=O) groups is 3. The maximum absolute atomic E-state index is 12.3. The van der Waals surface area contributed by atoms with Crippen molar-refractivity contribution in [3.05, 3.63) is 24.3 Å². The van der Waals surface area contributed by atoms with Crippen LogP contribution in [0.15, 0.2) is 24.3 Å². The zero-order valence-corrected chi connectivity index (χ0v) is 13.6. The third kappa shape index (κ3) is 4.21. The van der Waals surface area contributed by atoms with Gasteiger partial charge in [0, 0.05) is 31.4 Å². The molecular formula is C16H22N4O3. The average molecular weight is 318 g/mol. The van der Waals surface area contributed by atoms with Gasteiger partial charge in [-0.1, -0.05) is 13.8 Å². The minimum atomic E-state index is -0.587. The number of hydrogen-bond acceptors (Lipinski definition) is 3. The predicted octanol–water partition coefficient (Wildman–Crippen LogP) is 1.32. The Labute approximate surface area is 135 Å². The van der Waals surface area contributed by atoms with Gasteiger partial charge < -0.3 is 16.0 Å². The van der Waals surface area contributed by atoms with E-state index in [2.05, 4.69) is 16.0 Å². The van der Waals surface area contributed by atoms with E-state index in [-0.39, 0.29) is 23.8 Å². The summed E-state index contributed by atoms with van der Waals surface area (Å²) in [6.07, 6.45) is 0. The molecule has 4 amide bonds. The Bertz CT molecular complexity index is 598. The minimum Gasteiger partial charge on any atom is -0.344 e. The lowest BCUT2D eigenvalue weighted by molar-refractivity contribution is -0.126. The summed E-state index contributed by atoms with van der Waals surface area (Å²) in [4.78, 5) is 36.7. The normalized spacial score (nSPS) is 15.3. The third-order valence-corrected chi connectivity index (χ3v) is 3.61. The van der Waals surface area contributed by atoms with Crippen molar-refractivity contribution in [2.75, 3.05) is 23.3 Å². The van der Waals surface area contributed by atoms with Gasteiger partial charge in [0.05, 0.1) is 0 Å². The molecule has 3 N–H and O–H groups in total. The Balaban J connectivity index is 2.03. The summed E-state index contributed by atoms with van der Waals surface area (Å²) in [6.45, 7) is 6.38. The van der Waals surface area contributed by atoms with Crippen LogP contribution in [0, 0.1) is 5.92 Å². The molecule has 2 rings (SSSR count). The molecule has 1 saturated heterocycles. The van der Waals surface area contributed by atoms with Gasteiger partial charge >= 0.3 is 6.03 Å². The third-order valence-electron chi connectivity index (χ3n) is 3.61. The number of benzene rings is 1. The lowest BCUT2D eigenvalue weighted by Crippen LogP contribution is -2.46. The molecular weight excluding hydrogens is 296 g/mol. The van der Waals surface area contributed by atoms with Crippen LogP contribution in [0.2, 0.25) is 0 Å². The highest BCUT2D eigenvalue weighted by Crippen LogP contribution is 2.20. The molecule has 23 heavy (non-hydrogen) atoms. The van der Waals surface area contributed by atoms with Crippen molar-refractivity contribution in [1.82, 2.24) is 10.6 Å². The zero-order chi connectivity index (χ0) is 17.0. The predicted molar refractivity (Wildman–Crippen MR) is 88.3 cm³/mol.